The Hall–Kier alpha value is -0.870. The largest absolute Gasteiger partial charge is 0.309 e. The summed E-state index contributed by atoms with van der Waals surface area (Å²) in [5.41, 5.74) is 0.158. The molecule has 1 N–H and O–H groups in total. The van der Waals surface area contributed by atoms with Gasteiger partial charge in [-0.15, -0.1) is 21.8 Å². The van der Waals surface area contributed by atoms with Crippen molar-refractivity contribution < 1.29 is 4.79 Å². The lowest BCUT2D eigenvalue weighted by atomic mass is 9.96. The van der Waals surface area contributed by atoms with Gasteiger partial charge in [-0.1, -0.05) is 32.4 Å². The number of hydrogen-bond acceptors (Lipinski definition) is 3. The molecule has 6 heteroatoms. The van der Waals surface area contributed by atoms with Crippen molar-refractivity contribution in [2.75, 3.05) is 5.32 Å². The summed E-state index contributed by atoms with van der Waals surface area (Å²) in [5, 5.41) is 10.4. The van der Waals surface area contributed by atoms with Crippen molar-refractivity contribution >= 4 is 34.9 Å². The number of carbonyl (C=O) groups excluding carboxylic acids is 1. The van der Waals surface area contributed by atoms with E-state index in [0.717, 1.165) is 0 Å². The number of alkyl halides is 1. The summed E-state index contributed by atoms with van der Waals surface area (Å²) >= 11 is 11.4. The van der Waals surface area contributed by atoms with Crippen molar-refractivity contribution in [2.45, 2.75) is 26.7 Å². The number of carbonyl (C=O) groups is 1. The first-order valence-electron chi connectivity index (χ1n) is 4.74. The van der Waals surface area contributed by atoms with Crippen molar-refractivity contribution in [1.29, 1.82) is 0 Å². The van der Waals surface area contributed by atoms with Crippen LogP contribution < -0.4 is 5.32 Å². The molecule has 1 aromatic heterocycles. The van der Waals surface area contributed by atoms with E-state index in [1.54, 1.807) is 6.07 Å². The zero-order chi connectivity index (χ0) is 12.3. The molecule has 0 radical (unpaired) electrons. The number of nitrogens with zero attached hydrogens (tertiary/aromatic N) is 2. The molecule has 0 unspecified atom stereocenters. The van der Waals surface area contributed by atoms with Gasteiger partial charge in [-0.2, -0.15) is 0 Å². The second-order valence-electron chi connectivity index (χ2n) is 4.38. The van der Waals surface area contributed by atoms with Gasteiger partial charge in [0, 0.05) is 11.0 Å². The van der Waals surface area contributed by atoms with Crippen LogP contribution in [0.25, 0.3) is 0 Å². The van der Waals surface area contributed by atoms with E-state index < -0.39 is 5.41 Å². The SMILES string of the molecule is CC(C)(C)C(=O)Nc1cc(CCl)c(Cl)nn1. The Kier molecular flexibility index (Phi) is 4.10. The molecule has 88 valence electrons. The van der Waals surface area contributed by atoms with Crippen molar-refractivity contribution in [3.8, 4) is 0 Å². The van der Waals surface area contributed by atoms with Gasteiger partial charge in [-0.25, -0.2) is 0 Å². The Labute approximate surface area is 104 Å². The zero-order valence-corrected chi connectivity index (χ0v) is 10.9. The maximum absolute atomic E-state index is 11.7. The molecule has 1 aromatic rings. The van der Waals surface area contributed by atoms with E-state index in [0.29, 0.717) is 11.4 Å². The van der Waals surface area contributed by atoms with Gasteiger partial charge < -0.3 is 5.32 Å². The van der Waals surface area contributed by atoms with Gasteiger partial charge in [0.1, 0.15) is 0 Å². The molecule has 0 saturated carbocycles. The number of rotatable bonds is 2. The molecule has 1 amide bonds. The van der Waals surface area contributed by atoms with Crippen LogP contribution in [0.5, 0.6) is 0 Å². The second-order valence-corrected chi connectivity index (χ2v) is 5.01. The molecule has 0 aliphatic rings. The highest BCUT2D eigenvalue weighted by molar-refractivity contribution is 6.31. The number of amides is 1. The van der Waals surface area contributed by atoms with Crippen molar-refractivity contribution in [2.24, 2.45) is 5.41 Å². The summed E-state index contributed by atoms with van der Waals surface area (Å²) in [4.78, 5) is 11.7. The van der Waals surface area contributed by atoms with Crippen molar-refractivity contribution in [3.05, 3.63) is 16.8 Å². The number of halogens is 2. The molecule has 1 heterocycles. The minimum Gasteiger partial charge on any atom is -0.309 e. The monoisotopic (exact) mass is 261 g/mol. The summed E-state index contributed by atoms with van der Waals surface area (Å²) in [7, 11) is 0. The summed E-state index contributed by atoms with van der Waals surface area (Å²) in [6, 6.07) is 1.62. The van der Waals surface area contributed by atoms with Crippen LogP contribution in [0.15, 0.2) is 6.07 Å². The molecule has 0 aromatic carbocycles. The second kappa shape index (κ2) is 4.97. The van der Waals surface area contributed by atoms with Crippen LogP contribution in [0.3, 0.4) is 0 Å². The first-order chi connectivity index (χ1) is 7.34. The lowest BCUT2D eigenvalue weighted by Crippen LogP contribution is -2.28. The van der Waals surface area contributed by atoms with Gasteiger partial charge in [0.15, 0.2) is 11.0 Å². The van der Waals surface area contributed by atoms with Gasteiger partial charge in [-0.3, -0.25) is 4.79 Å². The number of anilines is 1. The van der Waals surface area contributed by atoms with E-state index in [9.17, 15) is 4.79 Å². The fraction of sp³-hybridized carbons (Fsp3) is 0.500. The van der Waals surface area contributed by atoms with Gasteiger partial charge in [0.25, 0.3) is 0 Å². The molecule has 0 saturated heterocycles. The Balaban J connectivity index is 2.87. The summed E-state index contributed by atoms with van der Waals surface area (Å²) in [5.74, 6) is 0.455. The molecule has 0 aliphatic carbocycles. The molecule has 0 fully saturated rings. The molecule has 16 heavy (non-hydrogen) atoms. The predicted molar refractivity (Wildman–Crippen MR) is 64.7 cm³/mol. The topological polar surface area (TPSA) is 54.9 Å². The molecule has 4 nitrogen and oxygen atoms in total. The van der Waals surface area contributed by atoms with E-state index in [1.807, 2.05) is 20.8 Å². The molecule has 0 aliphatic heterocycles. The van der Waals surface area contributed by atoms with Crippen molar-refractivity contribution in [3.63, 3.8) is 0 Å². The highest BCUT2D eigenvalue weighted by Crippen LogP contribution is 2.19. The van der Waals surface area contributed by atoms with Gasteiger partial charge in [-0.05, 0) is 6.07 Å². The maximum Gasteiger partial charge on any atom is 0.230 e. The summed E-state index contributed by atoms with van der Waals surface area (Å²) in [6.45, 7) is 5.44. The lowest BCUT2D eigenvalue weighted by Gasteiger charge is -2.17. The first kappa shape index (κ1) is 13.2. The zero-order valence-electron chi connectivity index (χ0n) is 9.34. The van der Waals surface area contributed by atoms with Crippen LogP contribution in [0.1, 0.15) is 26.3 Å². The number of nitrogens with one attached hydrogen (secondary N) is 1. The minimum absolute atomic E-state index is 0.135. The predicted octanol–water partition coefficient (Wildman–Crippen LogP) is 2.85. The maximum atomic E-state index is 11.7. The Bertz CT molecular complexity index is 402. The standard InChI is InChI=1S/C10H13Cl2N3O/c1-10(2,3)9(16)13-7-4-6(5-11)8(12)15-14-7/h4H,5H2,1-3H3,(H,13,14,16). The van der Waals surface area contributed by atoms with Gasteiger partial charge in [0.05, 0.1) is 5.88 Å². The van der Waals surface area contributed by atoms with Crippen LogP contribution >= 0.6 is 23.2 Å². The summed E-state index contributed by atoms with van der Waals surface area (Å²) in [6.07, 6.45) is 0. The fourth-order valence-electron chi connectivity index (χ4n) is 0.874. The van der Waals surface area contributed by atoms with E-state index in [-0.39, 0.29) is 16.9 Å². The molecular weight excluding hydrogens is 249 g/mol. The van der Waals surface area contributed by atoms with Crippen LogP contribution in [-0.4, -0.2) is 16.1 Å². The van der Waals surface area contributed by atoms with Crippen LogP contribution in [0, 0.1) is 5.41 Å². The quantitative estimate of drug-likeness (QED) is 0.834. The average Bonchev–Trinajstić information content (AvgIpc) is 2.19. The van der Waals surface area contributed by atoms with Crippen molar-refractivity contribution in [1.82, 2.24) is 10.2 Å². The third-order valence-electron chi connectivity index (χ3n) is 1.89. The Morgan fingerprint density at radius 2 is 2.06 bits per heavy atom. The minimum atomic E-state index is -0.484. The number of aromatic nitrogens is 2. The third-order valence-corrected chi connectivity index (χ3v) is 2.49. The fourth-order valence-corrected chi connectivity index (χ4v) is 1.31. The van der Waals surface area contributed by atoms with E-state index in [1.165, 1.54) is 0 Å². The van der Waals surface area contributed by atoms with E-state index in [2.05, 4.69) is 15.5 Å². The van der Waals surface area contributed by atoms with Gasteiger partial charge in [0.2, 0.25) is 5.91 Å². The Morgan fingerprint density at radius 1 is 1.44 bits per heavy atom. The number of hydrogen-bond donors (Lipinski definition) is 1. The van der Waals surface area contributed by atoms with E-state index >= 15 is 0 Å². The highest BCUT2D eigenvalue weighted by atomic mass is 35.5. The smallest absolute Gasteiger partial charge is 0.230 e. The van der Waals surface area contributed by atoms with Crippen LogP contribution in [0.2, 0.25) is 5.15 Å². The average molecular weight is 262 g/mol. The van der Waals surface area contributed by atoms with E-state index in [4.69, 9.17) is 23.2 Å². The molecule has 0 bridgehead atoms. The third kappa shape index (κ3) is 3.32. The molecule has 0 atom stereocenters. The Morgan fingerprint density at radius 3 is 2.56 bits per heavy atom. The molecule has 1 rings (SSSR count). The van der Waals surface area contributed by atoms with Crippen LogP contribution in [-0.2, 0) is 10.7 Å². The van der Waals surface area contributed by atoms with Gasteiger partial charge >= 0.3 is 0 Å². The lowest BCUT2D eigenvalue weighted by molar-refractivity contribution is -0.123. The normalized spacial score (nSPS) is 11.3. The highest BCUT2D eigenvalue weighted by Gasteiger charge is 2.21. The molecular formula is C10H13Cl2N3O. The first-order valence-corrected chi connectivity index (χ1v) is 5.65. The van der Waals surface area contributed by atoms with Crippen LogP contribution in [0.4, 0.5) is 5.82 Å². The molecule has 0 spiro atoms. The summed E-state index contributed by atoms with van der Waals surface area (Å²) < 4.78 is 0.